The van der Waals surface area contributed by atoms with Gasteiger partial charge in [-0.25, -0.2) is 0 Å². The molecule has 1 aliphatic rings. The van der Waals surface area contributed by atoms with Gasteiger partial charge in [-0.1, -0.05) is 60.1 Å². The summed E-state index contributed by atoms with van der Waals surface area (Å²) >= 11 is 6.07. The SMILES string of the molecule is COC(C)(C)C1CC=C(c2ccc(CC(=O)Nc3ccc(-c4ccc(Cl)cc4C)cc3)cc2)CC1. The molecule has 1 N–H and O–H groups in total. The average molecular weight is 488 g/mol. The number of carbonyl (C=O) groups excluding carboxylic acids is 1. The Labute approximate surface area is 214 Å². The molecule has 4 rings (SSSR count). The number of benzene rings is 3. The van der Waals surface area contributed by atoms with E-state index < -0.39 is 0 Å². The Morgan fingerprint density at radius 2 is 1.71 bits per heavy atom. The van der Waals surface area contributed by atoms with Gasteiger partial charge in [-0.15, -0.1) is 0 Å². The van der Waals surface area contributed by atoms with Gasteiger partial charge in [0.25, 0.3) is 0 Å². The number of allylic oxidation sites excluding steroid dienone is 2. The second kappa shape index (κ2) is 10.8. The van der Waals surface area contributed by atoms with Crippen molar-refractivity contribution in [1.82, 2.24) is 0 Å². The Hall–Kier alpha value is -2.88. The third-order valence-electron chi connectivity index (χ3n) is 7.28. The van der Waals surface area contributed by atoms with Crippen molar-refractivity contribution in [3.05, 3.63) is 94.5 Å². The first-order valence-corrected chi connectivity index (χ1v) is 12.6. The first kappa shape index (κ1) is 25.2. The predicted molar refractivity (Wildman–Crippen MR) is 147 cm³/mol. The summed E-state index contributed by atoms with van der Waals surface area (Å²) in [5, 5.41) is 3.75. The summed E-state index contributed by atoms with van der Waals surface area (Å²) < 4.78 is 5.68. The summed E-state index contributed by atoms with van der Waals surface area (Å²) in [7, 11) is 1.80. The fraction of sp³-hybridized carbons (Fsp3) is 0.323. The molecule has 0 spiro atoms. The monoisotopic (exact) mass is 487 g/mol. The van der Waals surface area contributed by atoms with E-state index in [1.165, 1.54) is 11.1 Å². The van der Waals surface area contributed by atoms with Crippen molar-refractivity contribution in [2.45, 2.75) is 52.1 Å². The summed E-state index contributed by atoms with van der Waals surface area (Å²) in [6.45, 7) is 6.39. The first-order valence-electron chi connectivity index (χ1n) is 12.2. The third-order valence-corrected chi connectivity index (χ3v) is 7.51. The Morgan fingerprint density at radius 3 is 2.31 bits per heavy atom. The quantitative estimate of drug-likeness (QED) is 0.365. The molecular formula is C31H34ClNO2. The molecule has 3 nitrogen and oxygen atoms in total. The van der Waals surface area contributed by atoms with Crippen LogP contribution in [0.25, 0.3) is 16.7 Å². The zero-order chi connectivity index (χ0) is 25.0. The first-order chi connectivity index (χ1) is 16.7. The highest BCUT2D eigenvalue weighted by Crippen LogP contribution is 2.37. The van der Waals surface area contributed by atoms with Crippen LogP contribution in [0.5, 0.6) is 0 Å². The van der Waals surface area contributed by atoms with Crippen LogP contribution in [-0.4, -0.2) is 18.6 Å². The Balaban J connectivity index is 1.33. The van der Waals surface area contributed by atoms with Crippen LogP contribution in [0.1, 0.15) is 49.8 Å². The summed E-state index contributed by atoms with van der Waals surface area (Å²) in [5.74, 6) is 0.526. The molecule has 1 unspecified atom stereocenters. The van der Waals surface area contributed by atoms with Crippen LogP contribution in [-0.2, 0) is 16.0 Å². The molecule has 35 heavy (non-hydrogen) atoms. The van der Waals surface area contributed by atoms with E-state index >= 15 is 0 Å². The van der Waals surface area contributed by atoms with Crippen molar-refractivity contribution in [2.24, 2.45) is 5.92 Å². The number of aryl methyl sites for hydroxylation is 1. The van der Waals surface area contributed by atoms with Crippen molar-refractivity contribution in [1.29, 1.82) is 0 Å². The molecule has 4 heteroatoms. The molecule has 3 aromatic carbocycles. The van der Waals surface area contributed by atoms with E-state index in [-0.39, 0.29) is 11.5 Å². The molecule has 1 amide bonds. The van der Waals surface area contributed by atoms with Gasteiger partial charge in [0, 0.05) is 17.8 Å². The molecule has 182 valence electrons. The number of methoxy groups -OCH3 is 1. The second-order valence-electron chi connectivity index (χ2n) is 9.97. The van der Waals surface area contributed by atoms with Gasteiger partial charge in [0.15, 0.2) is 0 Å². The third kappa shape index (κ3) is 6.22. The predicted octanol–water partition coefficient (Wildman–Crippen LogP) is 8.11. The van der Waals surface area contributed by atoms with Crippen LogP contribution in [0, 0.1) is 12.8 Å². The van der Waals surface area contributed by atoms with E-state index in [2.05, 4.69) is 49.5 Å². The van der Waals surface area contributed by atoms with E-state index in [9.17, 15) is 4.79 Å². The van der Waals surface area contributed by atoms with Gasteiger partial charge in [-0.2, -0.15) is 0 Å². The molecule has 0 radical (unpaired) electrons. The zero-order valence-electron chi connectivity index (χ0n) is 21.0. The minimum absolute atomic E-state index is 0.0188. The fourth-order valence-electron chi connectivity index (χ4n) is 4.81. The van der Waals surface area contributed by atoms with Crippen LogP contribution in [0.3, 0.4) is 0 Å². The lowest BCUT2D eigenvalue weighted by Crippen LogP contribution is -2.34. The molecule has 0 aliphatic heterocycles. The smallest absolute Gasteiger partial charge is 0.228 e. The number of hydrogen-bond donors (Lipinski definition) is 1. The molecule has 0 saturated heterocycles. The van der Waals surface area contributed by atoms with Gasteiger partial charge in [-0.05, 0) is 104 Å². The Morgan fingerprint density at radius 1 is 1.03 bits per heavy atom. The summed E-state index contributed by atoms with van der Waals surface area (Å²) in [4.78, 5) is 12.6. The average Bonchev–Trinajstić information content (AvgIpc) is 2.85. The number of ether oxygens (including phenoxy) is 1. The molecule has 0 aromatic heterocycles. The van der Waals surface area contributed by atoms with Gasteiger partial charge in [0.1, 0.15) is 0 Å². The highest BCUT2D eigenvalue weighted by atomic mass is 35.5. The zero-order valence-corrected chi connectivity index (χ0v) is 21.8. The van der Waals surface area contributed by atoms with Crippen molar-refractivity contribution in [2.75, 3.05) is 12.4 Å². The maximum absolute atomic E-state index is 12.6. The largest absolute Gasteiger partial charge is 0.379 e. The lowest BCUT2D eigenvalue weighted by molar-refractivity contribution is -0.115. The molecular weight excluding hydrogens is 454 g/mol. The second-order valence-corrected chi connectivity index (χ2v) is 10.4. The molecule has 0 heterocycles. The summed E-state index contributed by atoms with van der Waals surface area (Å²) in [6, 6.07) is 22.2. The molecule has 1 aliphatic carbocycles. The number of rotatable bonds is 7. The normalized spacial score (nSPS) is 16.0. The minimum atomic E-state index is -0.0889. The van der Waals surface area contributed by atoms with Gasteiger partial charge >= 0.3 is 0 Å². The summed E-state index contributed by atoms with van der Waals surface area (Å²) in [6.07, 6.45) is 5.93. The fourth-order valence-corrected chi connectivity index (χ4v) is 5.03. The van der Waals surface area contributed by atoms with E-state index in [1.807, 2.05) is 49.4 Å². The van der Waals surface area contributed by atoms with Crippen molar-refractivity contribution in [3.63, 3.8) is 0 Å². The standard InChI is InChI=1S/C31H34ClNO2/c1-21-19-27(32)15-18-29(21)25-11-16-28(17-12-25)33-30(34)20-22-5-7-23(8-6-22)24-9-13-26(14-10-24)31(2,3)35-4/h5-9,11-12,15-19,26H,10,13-14,20H2,1-4H3,(H,33,34). The van der Waals surface area contributed by atoms with E-state index in [1.54, 1.807) is 7.11 Å². The molecule has 3 aromatic rings. The van der Waals surface area contributed by atoms with Gasteiger partial charge in [0.05, 0.1) is 12.0 Å². The minimum Gasteiger partial charge on any atom is -0.379 e. The van der Waals surface area contributed by atoms with Crippen LogP contribution >= 0.6 is 11.6 Å². The topological polar surface area (TPSA) is 38.3 Å². The highest BCUT2D eigenvalue weighted by Gasteiger charge is 2.30. The maximum Gasteiger partial charge on any atom is 0.228 e. The number of nitrogens with one attached hydrogen (secondary N) is 1. The van der Waals surface area contributed by atoms with Crippen LogP contribution in [0.2, 0.25) is 5.02 Å². The van der Waals surface area contributed by atoms with Crippen LogP contribution < -0.4 is 5.32 Å². The van der Waals surface area contributed by atoms with Crippen LogP contribution in [0.15, 0.2) is 72.8 Å². The van der Waals surface area contributed by atoms with Crippen molar-refractivity contribution >= 4 is 28.8 Å². The summed E-state index contributed by atoms with van der Waals surface area (Å²) in [5.41, 5.74) is 7.71. The van der Waals surface area contributed by atoms with Crippen molar-refractivity contribution < 1.29 is 9.53 Å². The van der Waals surface area contributed by atoms with E-state index in [0.29, 0.717) is 12.3 Å². The lowest BCUT2D eigenvalue weighted by atomic mass is 9.78. The highest BCUT2D eigenvalue weighted by molar-refractivity contribution is 6.30. The van der Waals surface area contributed by atoms with Crippen molar-refractivity contribution in [3.8, 4) is 11.1 Å². The molecule has 0 saturated carbocycles. The molecule has 1 atom stereocenters. The van der Waals surface area contributed by atoms with Crippen LogP contribution in [0.4, 0.5) is 5.69 Å². The number of halogens is 1. The Bertz CT molecular complexity index is 1210. The lowest BCUT2D eigenvalue weighted by Gasteiger charge is -2.35. The van der Waals surface area contributed by atoms with E-state index in [0.717, 1.165) is 52.2 Å². The van der Waals surface area contributed by atoms with Gasteiger partial charge < -0.3 is 10.1 Å². The number of amides is 1. The Kier molecular flexibility index (Phi) is 7.78. The number of carbonyl (C=O) groups is 1. The number of hydrogen-bond acceptors (Lipinski definition) is 2. The number of anilines is 1. The molecule has 0 bridgehead atoms. The van der Waals surface area contributed by atoms with E-state index in [4.69, 9.17) is 16.3 Å². The maximum atomic E-state index is 12.6. The molecule has 0 fully saturated rings. The van der Waals surface area contributed by atoms with Gasteiger partial charge in [-0.3, -0.25) is 4.79 Å². The van der Waals surface area contributed by atoms with Gasteiger partial charge in [0.2, 0.25) is 5.91 Å².